The Labute approximate surface area is 124 Å². The standard InChI is InChI=1S/C16H20N2O3/c1-10(2)14(16(19)21-4)18-15-12-6-5-7-13(20-3)11(12)8-9-17-15/h5-10,14H,1-4H3,(H,17,18). The summed E-state index contributed by atoms with van der Waals surface area (Å²) in [7, 11) is 3.02. The van der Waals surface area contributed by atoms with Gasteiger partial charge in [0.2, 0.25) is 0 Å². The normalized spacial score (nSPS) is 12.2. The highest BCUT2D eigenvalue weighted by atomic mass is 16.5. The molecular formula is C16H20N2O3. The highest BCUT2D eigenvalue weighted by Crippen LogP contribution is 2.29. The molecule has 1 aromatic heterocycles. The summed E-state index contributed by atoms with van der Waals surface area (Å²) in [5.74, 6) is 1.21. The van der Waals surface area contributed by atoms with Gasteiger partial charge in [-0.1, -0.05) is 26.0 Å². The van der Waals surface area contributed by atoms with Crippen molar-refractivity contribution in [3.8, 4) is 5.75 Å². The van der Waals surface area contributed by atoms with Gasteiger partial charge >= 0.3 is 5.97 Å². The zero-order valence-electron chi connectivity index (χ0n) is 12.7. The van der Waals surface area contributed by atoms with Crippen LogP contribution >= 0.6 is 0 Å². The van der Waals surface area contributed by atoms with Crippen LogP contribution in [0.25, 0.3) is 10.8 Å². The number of aromatic nitrogens is 1. The lowest BCUT2D eigenvalue weighted by atomic mass is 10.0. The fourth-order valence-corrected chi connectivity index (χ4v) is 2.24. The summed E-state index contributed by atoms with van der Waals surface area (Å²) in [4.78, 5) is 16.2. The van der Waals surface area contributed by atoms with Gasteiger partial charge in [0.15, 0.2) is 0 Å². The lowest BCUT2D eigenvalue weighted by Gasteiger charge is -2.21. The summed E-state index contributed by atoms with van der Waals surface area (Å²) in [6.45, 7) is 3.92. The van der Waals surface area contributed by atoms with E-state index < -0.39 is 6.04 Å². The highest BCUT2D eigenvalue weighted by Gasteiger charge is 2.24. The van der Waals surface area contributed by atoms with Crippen LogP contribution in [-0.4, -0.2) is 31.2 Å². The van der Waals surface area contributed by atoms with E-state index in [1.54, 1.807) is 13.3 Å². The minimum Gasteiger partial charge on any atom is -0.496 e. The SMILES string of the molecule is COC(=O)C(Nc1nccc2c(OC)cccc12)C(C)C. The van der Waals surface area contributed by atoms with E-state index in [9.17, 15) is 4.79 Å². The van der Waals surface area contributed by atoms with E-state index in [2.05, 4.69) is 10.3 Å². The Morgan fingerprint density at radius 1 is 1.19 bits per heavy atom. The largest absolute Gasteiger partial charge is 0.496 e. The molecule has 0 aliphatic rings. The summed E-state index contributed by atoms with van der Waals surface area (Å²) >= 11 is 0. The van der Waals surface area contributed by atoms with Gasteiger partial charge in [-0.25, -0.2) is 9.78 Å². The number of esters is 1. The zero-order valence-corrected chi connectivity index (χ0v) is 12.7. The second-order valence-electron chi connectivity index (χ2n) is 5.10. The van der Waals surface area contributed by atoms with Crippen molar-refractivity contribution in [3.05, 3.63) is 30.5 Å². The topological polar surface area (TPSA) is 60.5 Å². The Hall–Kier alpha value is -2.30. The highest BCUT2D eigenvalue weighted by molar-refractivity contribution is 5.96. The summed E-state index contributed by atoms with van der Waals surface area (Å²) in [6.07, 6.45) is 1.70. The van der Waals surface area contributed by atoms with Crippen molar-refractivity contribution < 1.29 is 14.3 Å². The van der Waals surface area contributed by atoms with Crippen LogP contribution in [-0.2, 0) is 9.53 Å². The number of hydrogen-bond donors (Lipinski definition) is 1. The van der Waals surface area contributed by atoms with Crippen LogP contribution < -0.4 is 10.1 Å². The quantitative estimate of drug-likeness (QED) is 0.857. The molecule has 0 spiro atoms. The molecule has 21 heavy (non-hydrogen) atoms. The third-order valence-corrected chi connectivity index (χ3v) is 3.40. The number of rotatable bonds is 5. The minimum atomic E-state index is -0.445. The predicted octanol–water partition coefficient (Wildman–Crippen LogP) is 2.85. The summed E-state index contributed by atoms with van der Waals surface area (Å²) < 4.78 is 10.2. The molecule has 5 heteroatoms. The molecule has 0 aliphatic carbocycles. The molecule has 112 valence electrons. The first-order chi connectivity index (χ1) is 10.1. The van der Waals surface area contributed by atoms with Crippen LogP contribution in [0.1, 0.15) is 13.8 Å². The van der Waals surface area contributed by atoms with E-state index in [0.29, 0.717) is 5.82 Å². The third kappa shape index (κ3) is 3.07. The Bertz CT molecular complexity index is 640. The van der Waals surface area contributed by atoms with Crippen molar-refractivity contribution in [2.45, 2.75) is 19.9 Å². The molecule has 5 nitrogen and oxygen atoms in total. The van der Waals surface area contributed by atoms with Crippen molar-refractivity contribution in [2.75, 3.05) is 19.5 Å². The summed E-state index contributed by atoms with van der Waals surface area (Å²) in [5, 5.41) is 5.04. The van der Waals surface area contributed by atoms with Gasteiger partial charge in [-0.2, -0.15) is 0 Å². The third-order valence-electron chi connectivity index (χ3n) is 3.40. The molecule has 0 saturated heterocycles. The number of nitrogens with one attached hydrogen (secondary N) is 1. The van der Waals surface area contributed by atoms with Gasteiger partial charge in [0.05, 0.1) is 14.2 Å². The molecule has 2 aromatic rings. The van der Waals surface area contributed by atoms with Crippen molar-refractivity contribution in [3.63, 3.8) is 0 Å². The van der Waals surface area contributed by atoms with Gasteiger partial charge in [0.25, 0.3) is 0 Å². The van der Waals surface area contributed by atoms with E-state index in [4.69, 9.17) is 9.47 Å². The first kappa shape index (κ1) is 15.1. The van der Waals surface area contributed by atoms with Gasteiger partial charge < -0.3 is 14.8 Å². The van der Waals surface area contributed by atoms with Crippen LogP contribution in [0.4, 0.5) is 5.82 Å². The Balaban J connectivity index is 2.44. The maximum Gasteiger partial charge on any atom is 0.328 e. The Morgan fingerprint density at radius 2 is 1.95 bits per heavy atom. The number of anilines is 1. The van der Waals surface area contributed by atoms with Gasteiger partial charge in [0.1, 0.15) is 17.6 Å². The average Bonchev–Trinajstić information content (AvgIpc) is 2.50. The number of ether oxygens (including phenoxy) is 2. The second kappa shape index (κ2) is 6.43. The van der Waals surface area contributed by atoms with E-state index >= 15 is 0 Å². The molecule has 0 aliphatic heterocycles. The fourth-order valence-electron chi connectivity index (χ4n) is 2.24. The van der Waals surface area contributed by atoms with Gasteiger partial charge in [-0.3, -0.25) is 0 Å². The maximum absolute atomic E-state index is 11.9. The van der Waals surface area contributed by atoms with Gasteiger partial charge in [0, 0.05) is 17.0 Å². The first-order valence-electron chi connectivity index (χ1n) is 6.84. The van der Waals surface area contributed by atoms with Crippen LogP contribution in [0.3, 0.4) is 0 Å². The number of benzene rings is 1. The number of hydrogen-bond acceptors (Lipinski definition) is 5. The molecule has 2 rings (SSSR count). The smallest absolute Gasteiger partial charge is 0.328 e. The van der Waals surface area contributed by atoms with E-state index in [-0.39, 0.29) is 11.9 Å². The zero-order chi connectivity index (χ0) is 15.4. The number of carbonyl (C=O) groups excluding carboxylic acids is 1. The van der Waals surface area contributed by atoms with E-state index in [1.165, 1.54) is 7.11 Å². The average molecular weight is 288 g/mol. The fraction of sp³-hybridized carbons (Fsp3) is 0.375. The number of pyridine rings is 1. The van der Waals surface area contributed by atoms with Crippen LogP contribution in [0, 0.1) is 5.92 Å². The molecule has 1 atom stereocenters. The molecule has 1 aromatic carbocycles. The number of carbonyl (C=O) groups is 1. The summed E-state index contributed by atoms with van der Waals surface area (Å²) in [5.41, 5.74) is 0. The lowest BCUT2D eigenvalue weighted by molar-refractivity contribution is -0.142. The van der Waals surface area contributed by atoms with Crippen LogP contribution in [0.5, 0.6) is 5.75 Å². The molecule has 0 amide bonds. The second-order valence-corrected chi connectivity index (χ2v) is 5.10. The lowest BCUT2D eigenvalue weighted by Crippen LogP contribution is -2.35. The van der Waals surface area contributed by atoms with Crippen molar-refractivity contribution in [1.82, 2.24) is 4.98 Å². The molecule has 0 saturated carbocycles. The van der Waals surface area contributed by atoms with Crippen molar-refractivity contribution in [2.24, 2.45) is 5.92 Å². The van der Waals surface area contributed by atoms with Gasteiger partial charge in [-0.15, -0.1) is 0 Å². The summed E-state index contributed by atoms with van der Waals surface area (Å²) in [6, 6.07) is 7.19. The molecule has 1 heterocycles. The van der Waals surface area contributed by atoms with Gasteiger partial charge in [-0.05, 0) is 18.1 Å². The monoisotopic (exact) mass is 288 g/mol. The van der Waals surface area contributed by atoms with Crippen LogP contribution in [0.2, 0.25) is 0 Å². The van der Waals surface area contributed by atoms with E-state index in [0.717, 1.165) is 16.5 Å². The number of fused-ring (bicyclic) bond motifs is 1. The molecular weight excluding hydrogens is 268 g/mol. The Morgan fingerprint density at radius 3 is 2.57 bits per heavy atom. The predicted molar refractivity (Wildman–Crippen MR) is 82.6 cm³/mol. The number of methoxy groups -OCH3 is 2. The van der Waals surface area contributed by atoms with E-state index in [1.807, 2.05) is 38.1 Å². The molecule has 1 N–H and O–H groups in total. The Kier molecular flexibility index (Phi) is 4.62. The molecule has 1 unspecified atom stereocenters. The minimum absolute atomic E-state index is 0.0834. The number of nitrogens with zero attached hydrogens (tertiary/aromatic N) is 1. The first-order valence-corrected chi connectivity index (χ1v) is 6.84. The van der Waals surface area contributed by atoms with Crippen molar-refractivity contribution in [1.29, 1.82) is 0 Å². The van der Waals surface area contributed by atoms with Crippen LogP contribution in [0.15, 0.2) is 30.5 Å². The molecule has 0 fully saturated rings. The maximum atomic E-state index is 11.9. The molecule has 0 bridgehead atoms. The van der Waals surface area contributed by atoms with Crippen molar-refractivity contribution >= 4 is 22.6 Å². The molecule has 0 radical (unpaired) electrons.